The number of nitrogens with one attached hydrogen (secondary N) is 2. The molecule has 1 saturated carbocycles. The van der Waals surface area contributed by atoms with Gasteiger partial charge in [-0.3, -0.25) is 4.79 Å². The Balaban J connectivity index is 1.38. The quantitative estimate of drug-likeness (QED) is 0.476. The molecule has 0 unspecified atom stereocenters. The van der Waals surface area contributed by atoms with Crippen LogP contribution in [-0.2, 0) is 23.2 Å². The highest BCUT2D eigenvalue weighted by molar-refractivity contribution is 7.89. The van der Waals surface area contributed by atoms with Gasteiger partial charge >= 0.3 is 0 Å². The molecule has 0 radical (unpaired) electrons. The van der Waals surface area contributed by atoms with Crippen molar-refractivity contribution in [3.8, 4) is 11.5 Å². The van der Waals surface area contributed by atoms with Crippen molar-refractivity contribution in [2.75, 3.05) is 7.11 Å². The molecule has 4 rings (SSSR count). The SMILES string of the molecule is COc1cc(CNC(=O)c2cccc(S(=O)(=O)NC3CC3)c2)ccc1OCc1ccccc1. The molecule has 2 N–H and O–H groups in total. The van der Waals surface area contributed by atoms with Crippen LogP contribution in [0, 0.1) is 0 Å². The average Bonchev–Trinajstić information content (AvgIpc) is 3.65. The van der Waals surface area contributed by atoms with Crippen LogP contribution in [-0.4, -0.2) is 27.5 Å². The zero-order valence-corrected chi connectivity index (χ0v) is 19.1. The molecule has 0 saturated heterocycles. The van der Waals surface area contributed by atoms with Crippen LogP contribution in [0.2, 0.25) is 0 Å². The van der Waals surface area contributed by atoms with Crippen molar-refractivity contribution in [1.82, 2.24) is 10.0 Å². The van der Waals surface area contributed by atoms with Gasteiger partial charge in [-0.05, 0) is 54.3 Å². The third-order valence-corrected chi connectivity index (χ3v) is 6.74. The topological polar surface area (TPSA) is 93.7 Å². The minimum absolute atomic E-state index is 0.00195. The summed E-state index contributed by atoms with van der Waals surface area (Å²) in [4.78, 5) is 12.7. The molecule has 33 heavy (non-hydrogen) atoms. The summed E-state index contributed by atoms with van der Waals surface area (Å²) in [6, 6.07) is 21.3. The van der Waals surface area contributed by atoms with Crippen LogP contribution < -0.4 is 19.5 Å². The number of hydrogen-bond donors (Lipinski definition) is 2. The molecule has 0 bridgehead atoms. The summed E-state index contributed by atoms with van der Waals surface area (Å²) < 4.78 is 38.8. The molecule has 1 fully saturated rings. The standard InChI is InChI=1S/C25H26N2O5S/c1-31-24-14-19(10-13-23(24)32-17-18-6-3-2-4-7-18)16-26-25(28)20-8-5-9-22(15-20)33(29,30)27-21-11-12-21/h2-10,13-15,21,27H,11-12,16-17H2,1H3,(H,26,28). The van der Waals surface area contributed by atoms with Crippen molar-refractivity contribution in [1.29, 1.82) is 0 Å². The first-order valence-electron chi connectivity index (χ1n) is 10.7. The lowest BCUT2D eigenvalue weighted by molar-refractivity contribution is 0.0950. The zero-order valence-electron chi connectivity index (χ0n) is 18.3. The second-order valence-corrected chi connectivity index (χ2v) is 9.58. The van der Waals surface area contributed by atoms with E-state index < -0.39 is 10.0 Å². The second kappa shape index (κ2) is 10.1. The Morgan fingerprint density at radius 1 is 0.939 bits per heavy atom. The van der Waals surface area contributed by atoms with Crippen LogP contribution in [0.25, 0.3) is 0 Å². The Hall–Kier alpha value is -3.36. The first-order valence-corrected chi connectivity index (χ1v) is 12.2. The van der Waals surface area contributed by atoms with Crippen LogP contribution in [0.4, 0.5) is 0 Å². The van der Waals surface area contributed by atoms with Gasteiger partial charge in [0.1, 0.15) is 6.61 Å². The number of ether oxygens (including phenoxy) is 2. The lowest BCUT2D eigenvalue weighted by Crippen LogP contribution is -2.27. The van der Waals surface area contributed by atoms with E-state index in [9.17, 15) is 13.2 Å². The normalized spacial score (nSPS) is 13.4. The highest BCUT2D eigenvalue weighted by Crippen LogP contribution is 2.29. The van der Waals surface area contributed by atoms with Gasteiger partial charge in [0.05, 0.1) is 12.0 Å². The molecule has 0 aliphatic heterocycles. The van der Waals surface area contributed by atoms with E-state index in [0.717, 1.165) is 24.0 Å². The molecule has 8 heteroatoms. The molecular formula is C25H26N2O5S. The molecule has 3 aromatic carbocycles. The number of carbonyl (C=O) groups is 1. The smallest absolute Gasteiger partial charge is 0.251 e. The lowest BCUT2D eigenvalue weighted by atomic mass is 10.1. The fourth-order valence-corrected chi connectivity index (χ4v) is 4.60. The predicted molar refractivity (Wildman–Crippen MR) is 125 cm³/mol. The summed E-state index contributed by atoms with van der Waals surface area (Å²) in [6.45, 7) is 0.674. The molecule has 3 aromatic rings. The lowest BCUT2D eigenvalue weighted by Gasteiger charge is -2.13. The van der Waals surface area contributed by atoms with Crippen molar-refractivity contribution < 1.29 is 22.7 Å². The number of methoxy groups -OCH3 is 1. The number of sulfonamides is 1. The number of hydrogen-bond acceptors (Lipinski definition) is 5. The molecule has 0 aromatic heterocycles. The first kappa shape index (κ1) is 22.8. The van der Waals surface area contributed by atoms with Crippen molar-refractivity contribution in [3.63, 3.8) is 0 Å². The Morgan fingerprint density at radius 2 is 1.73 bits per heavy atom. The van der Waals surface area contributed by atoms with E-state index in [4.69, 9.17) is 9.47 Å². The van der Waals surface area contributed by atoms with Crippen LogP contribution in [0.15, 0.2) is 77.7 Å². The molecular weight excluding hydrogens is 440 g/mol. The van der Waals surface area contributed by atoms with E-state index in [-0.39, 0.29) is 29.0 Å². The largest absolute Gasteiger partial charge is 0.493 e. The van der Waals surface area contributed by atoms with Crippen LogP contribution >= 0.6 is 0 Å². The molecule has 0 heterocycles. The Morgan fingerprint density at radius 3 is 2.45 bits per heavy atom. The summed E-state index contributed by atoms with van der Waals surface area (Å²) in [6.07, 6.45) is 1.69. The molecule has 0 spiro atoms. The summed E-state index contributed by atoms with van der Waals surface area (Å²) in [5, 5.41) is 2.83. The first-order chi connectivity index (χ1) is 15.9. The zero-order chi connectivity index (χ0) is 23.3. The highest BCUT2D eigenvalue weighted by atomic mass is 32.2. The molecule has 172 valence electrons. The molecule has 1 amide bonds. The van der Waals surface area contributed by atoms with Gasteiger partial charge in [0.25, 0.3) is 5.91 Å². The third kappa shape index (κ3) is 6.12. The Kier molecular flexibility index (Phi) is 6.96. The Bertz CT molecular complexity index is 1220. The van der Waals surface area contributed by atoms with Gasteiger partial charge in [-0.2, -0.15) is 0 Å². The van der Waals surface area contributed by atoms with E-state index in [1.54, 1.807) is 31.4 Å². The maximum absolute atomic E-state index is 12.6. The van der Waals surface area contributed by atoms with E-state index in [1.165, 1.54) is 12.1 Å². The molecule has 0 atom stereocenters. The summed E-state index contributed by atoms with van der Waals surface area (Å²) in [7, 11) is -2.06. The van der Waals surface area contributed by atoms with Gasteiger partial charge in [-0.25, -0.2) is 13.1 Å². The fourth-order valence-electron chi connectivity index (χ4n) is 3.25. The van der Waals surface area contributed by atoms with Crippen molar-refractivity contribution in [3.05, 3.63) is 89.5 Å². The van der Waals surface area contributed by atoms with E-state index >= 15 is 0 Å². The van der Waals surface area contributed by atoms with E-state index in [2.05, 4.69) is 10.0 Å². The number of amides is 1. The predicted octanol–water partition coefficient (Wildman–Crippen LogP) is 3.64. The van der Waals surface area contributed by atoms with Gasteiger partial charge in [-0.15, -0.1) is 0 Å². The summed E-state index contributed by atoms with van der Waals surface area (Å²) in [5.41, 5.74) is 2.15. The fraction of sp³-hybridized carbons (Fsp3) is 0.240. The Labute approximate surface area is 193 Å². The van der Waals surface area contributed by atoms with Gasteiger partial charge < -0.3 is 14.8 Å². The van der Waals surface area contributed by atoms with Gasteiger partial charge in [-0.1, -0.05) is 42.5 Å². The minimum atomic E-state index is -3.62. The minimum Gasteiger partial charge on any atom is -0.493 e. The van der Waals surface area contributed by atoms with Crippen molar-refractivity contribution in [2.24, 2.45) is 0 Å². The highest BCUT2D eigenvalue weighted by Gasteiger charge is 2.28. The van der Waals surface area contributed by atoms with Gasteiger partial charge in [0.15, 0.2) is 11.5 Å². The molecule has 1 aliphatic carbocycles. The monoisotopic (exact) mass is 466 g/mol. The van der Waals surface area contributed by atoms with Crippen LogP contribution in [0.3, 0.4) is 0 Å². The molecule has 7 nitrogen and oxygen atoms in total. The second-order valence-electron chi connectivity index (χ2n) is 7.87. The summed E-state index contributed by atoms with van der Waals surface area (Å²) >= 11 is 0. The van der Waals surface area contributed by atoms with E-state index in [0.29, 0.717) is 18.1 Å². The maximum Gasteiger partial charge on any atom is 0.251 e. The van der Waals surface area contributed by atoms with Crippen LogP contribution in [0.5, 0.6) is 11.5 Å². The number of benzene rings is 3. The van der Waals surface area contributed by atoms with Crippen LogP contribution in [0.1, 0.15) is 34.3 Å². The average molecular weight is 467 g/mol. The molecule has 1 aliphatic rings. The van der Waals surface area contributed by atoms with E-state index in [1.807, 2.05) is 36.4 Å². The number of rotatable bonds is 10. The van der Waals surface area contributed by atoms with Crippen molar-refractivity contribution >= 4 is 15.9 Å². The third-order valence-electron chi connectivity index (χ3n) is 5.22. The number of carbonyl (C=O) groups excluding carboxylic acids is 1. The van der Waals surface area contributed by atoms with Gasteiger partial charge in [0, 0.05) is 18.2 Å². The van der Waals surface area contributed by atoms with Gasteiger partial charge in [0.2, 0.25) is 10.0 Å². The van der Waals surface area contributed by atoms with Crippen molar-refractivity contribution in [2.45, 2.75) is 36.9 Å². The maximum atomic E-state index is 12.6. The summed E-state index contributed by atoms with van der Waals surface area (Å²) in [5.74, 6) is 0.816.